The van der Waals surface area contributed by atoms with E-state index >= 15 is 0 Å². The first-order valence-electron chi connectivity index (χ1n) is 9.91. The van der Waals surface area contributed by atoms with E-state index in [0.717, 1.165) is 27.1 Å². The third kappa shape index (κ3) is 3.70. The second-order valence-corrected chi connectivity index (χ2v) is 9.86. The lowest BCUT2D eigenvalue weighted by Crippen LogP contribution is -2.44. The van der Waals surface area contributed by atoms with E-state index in [9.17, 15) is 9.59 Å². The lowest BCUT2D eigenvalue weighted by Gasteiger charge is -2.21. The Bertz CT molecular complexity index is 1360. The number of nitrogens with one attached hydrogen (secondary N) is 1. The Hall–Kier alpha value is -3.07. The predicted molar refractivity (Wildman–Crippen MR) is 137 cm³/mol. The van der Waals surface area contributed by atoms with Gasteiger partial charge in [-0.2, -0.15) is 0 Å². The molecule has 2 heterocycles. The number of rotatable bonds is 4. The Morgan fingerprint density at radius 1 is 1.12 bits per heavy atom. The third-order valence-corrected chi connectivity index (χ3v) is 7.36. The van der Waals surface area contributed by atoms with Crippen LogP contribution in [0.2, 0.25) is 0 Å². The van der Waals surface area contributed by atoms with Crippen LogP contribution in [0.4, 0.5) is 5.13 Å². The molecule has 4 aromatic rings. The molecule has 0 spiro atoms. The van der Waals surface area contributed by atoms with Gasteiger partial charge in [-0.1, -0.05) is 72.5 Å². The number of hydrogen-bond acceptors (Lipinski definition) is 6. The van der Waals surface area contributed by atoms with Gasteiger partial charge in [-0.25, -0.2) is 4.98 Å². The first kappa shape index (κ1) is 20.8. The maximum absolute atomic E-state index is 13.3. The average molecular weight is 476 g/mol. The van der Waals surface area contributed by atoms with E-state index in [1.165, 1.54) is 28.0 Å². The van der Waals surface area contributed by atoms with Gasteiger partial charge in [0.1, 0.15) is 10.4 Å². The van der Waals surface area contributed by atoms with Crippen LogP contribution in [0, 0.1) is 0 Å². The van der Waals surface area contributed by atoms with Crippen LogP contribution in [-0.4, -0.2) is 32.1 Å². The minimum atomic E-state index is -0.749. The quantitative estimate of drug-likeness (QED) is 0.234. The van der Waals surface area contributed by atoms with Crippen molar-refractivity contribution in [3.05, 3.63) is 76.6 Å². The van der Waals surface area contributed by atoms with Crippen LogP contribution < -0.4 is 5.32 Å². The van der Waals surface area contributed by atoms with Crippen LogP contribution in [0.25, 0.3) is 27.6 Å². The number of hydrogen-bond donors (Lipinski definition) is 1. The summed E-state index contributed by atoms with van der Waals surface area (Å²) in [6.45, 7) is 1.67. The number of thiocarbonyl (C=S) groups is 1. The van der Waals surface area contributed by atoms with Crippen molar-refractivity contribution in [2.75, 3.05) is 5.32 Å². The van der Waals surface area contributed by atoms with Gasteiger partial charge in [0.25, 0.3) is 5.91 Å². The molecule has 5 nitrogen and oxygen atoms in total. The van der Waals surface area contributed by atoms with E-state index in [0.29, 0.717) is 14.4 Å². The molecule has 158 valence electrons. The monoisotopic (exact) mass is 475 g/mol. The number of anilines is 1. The fourth-order valence-electron chi connectivity index (χ4n) is 3.76. The van der Waals surface area contributed by atoms with Gasteiger partial charge < -0.3 is 5.32 Å². The number of amides is 2. The molecule has 8 heteroatoms. The molecule has 0 saturated carbocycles. The van der Waals surface area contributed by atoms with E-state index < -0.39 is 6.04 Å². The molecule has 1 N–H and O–H groups in total. The summed E-state index contributed by atoms with van der Waals surface area (Å²) in [4.78, 5) is 31.9. The molecule has 1 unspecified atom stereocenters. The number of nitrogens with zero attached hydrogens (tertiary/aromatic N) is 2. The molecule has 1 fully saturated rings. The van der Waals surface area contributed by atoms with Crippen molar-refractivity contribution in [3.63, 3.8) is 0 Å². The van der Waals surface area contributed by atoms with Crippen molar-refractivity contribution in [2.24, 2.45) is 0 Å². The molecule has 5 rings (SSSR count). The Kier molecular flexibility index (Phi) is 5.50. The van der Waals surface area contributed by atoms with Crippen molar-refractivity contribution >= 4 is 84.2 Å². The Balaban J connectivity index is 1.53. The number of thiazole rings is 1. The minimum Gasteiger partial charge on any atom is -0.300 e. The SMILES string of the molecule is CC(C(=O)Nc1nccs1)N1C(=O)/C(=C/c2c3ccccc3cc3ccccc23)SC1=S. The molecule has 1 atom stereocenters. The fourth-order valence-corrected chi connectivity index (χ4v) is 5.69. The summed E-state index contributed by atoms with van der Waals surface area (Å²) in [5.74, 6) is -0.591. The zero-order valence-corrected chi connectivity index (χ0v) is 19.4. The number of carbonyl (C=O) groups is 2. The summed E-state index contributed by atoms with van der Waals surface area (Å²) in [5.41, 5.74) is 0.971. The van der Waals surface area contributed by atoms with Crippen molar-refractivity contribution in [1.82, 2.24) is 9.88 Å². The molecule has 1 aliphatic rings. The summed E-state index contributed by atoms with van der Waals surface area (Å²) < 4.78 is 0.368. The fraction of sp³-hybridized carbons (Fsp3) is 0.0833. The summed E-state index contributed by atoms with van der Waals surface area (Å²) in [6.07, 6.45) is 3.51. The maximum Gasteiger partial charge on any atom is 0.266 e. The second kappa shape index (κ2) is 8.46. The number of aromatic nitrogens is 1. The van der Waals surface area contributed by atoms with Crippen LogP contribution in [0.15, 0.2) is 71.1 Å². The van der Waals surface area contributed by atoms with Crippen LogP contribution in [-0.2, 0) is 9.59 Å². The van der Waals surface area contributed by atoms with Gasteiger partial charge in [-0.15, -0.1) is 11.3 Å². The zero-order chi connectivity index (χ0) is 22.2. The third-order valence-electron chi connectivity index (χ3n) is 5.34. The molecular formula is C24H17N3O2S3. The predicted octanol–water partition coefficient (Wildman–Crippen LogP) is 5.68. The van der Waals surface area contributed by atoms with Crippen molar-refractivity contribution in [2.45, 2.75) is 13.0 Å². The van der Waals surface area contributed by atoms with Gasteiger partial charge >= 0.3 is 0 Å². The standard InChI is InChI=1S/C24H17N3O2S3/c1-14(21(28)26-23-25-10-11-31-23)27-22(29)20(32-24(27)30)13-19-17-8-4-2-6-15(17)12-16-7-3-5-9-18(16)19/h2-14H,1H3,(H,25,26,28)/b20-13-. The Morgan fingerprint density at radius 2 is 1.78 bits per heavy atom. The highest BCUT2D eigenvalue weighted by molar-refractivity contribution is 8.26. The van der Waals surface area contributed by atoms with Crippen LogP contribution in [0.5, 0.6) is 0 Å². The van der Waals surface area contributed by atoms with E-state index in [2.05, 4.69) is 40.6 Å². The summed E-state index contributed by atoms with van der Waals surface area (Å²) >= 11 is 8.02. The number of carbonyl (C=O) groups excluding carboxylic acids is 2. The lowest BCUT2D eigenvalue weighted by molar-refractivity contribution is -0.129. The topological polar surface area (TPSA) is 62.3 Å². The molecule has 3 aromatic carbocycles. The largest absolute Gasteiger partial charge is 0.300 e. The first-order valence-corrected chi connectivity index (χ1v) is 12.0. The highest BCUT2D eigenvalue weighted by Gasteiger charge is 2.38. The molecular weight excluding hydrogens is 458 g/mol. The Morgan fingerprint density at radius 3 is 2.41 bits per heavy atom. The van der Waals surface area contributed by atoms with Crippen LogP contribution in [0.1, 0.15) is 12.5 Å². The summed E-state index contributed by atoms with van der Waals surface area (Å²) in [6, 6.07) is 17.6. The van der Waals surface area contributed by atoms with Crippen molar-refractivity contribution < 1.29 is 9.59 Å². The number of benzene rings is 3. The number of fused-ring (bicyclic) bond motifs is 2. The van der Waals surface area contributed by atoms with Crippen molar-refractivity contribution in [3.8, 4) is 0 Å². The number of thioether (sulfide) groups is 1. The molecule has 32 heavy (non-hydrogen) atoms. The van der Waals surface area contributed by atoms with E-state index in [1.807, 2.05) is 30.3 Å². The molecule has 2 amide bonds. The van der Waals surface area contributed by atoms with Gasteiger partial charge in [-0.05, 0) is 46.2 Å². The molecule has 0 aliphatic carbocycles. The van der Waals surface area contributed by atoms with Gasteiger partial charge in [-0.3, -0.25) is 14.5 Å². The molecule has 1 saturated heterocycles. The van der Waals surface area contributed by atoms with Gasteiger partial charge in [0.2, 0.25) is 5.91 Å². The Labute approximate surface area is 198 Å². The van der Waals surface area contributed by atoms with Crippen molar-refractivity contribution in [1.29, 1.82) is 0 Å². The summed E-state index contributed by atoms with van der Waals surface area (Å²) in [5, 5.41) is 9.33. The van der Waals surface area contributed by atoms with Gasteiger partial charge in [0, 0.05) is 11.6 Å². The smallest absolute Gasteiger partial charge is 0.266 e. The van der Waals surface area contributed by atoms with E-state index in [1.54, 1.807) is 18.5 Å². The average Bonchev–Trinajstić information content (AvgIpc) is 3.40. The molecule has 0 radical (unpaired) electrons. The molecule has 1 aromatic heterocycles. The lowest BCUT2D eigenvalue weighted by atomic mass is 9.96. The highest BCUT2D eigenvalue weighted by atomic mass is 32.2. The maximum atomic E-state index is 13.3. The highest BCUT2D eigenvalue weighted by Crippen LogP contribution is 2.37. The molecule has 0 bridgehead atoms. The van der Waals surface area contributed by atoms with E-state index in [4.69, 9.17) is 12.2 Å². The van der Waals surface area contributed by atoms with Gasteiger partial charge in [0.05, 0.1) is 4.91 Å². The minimum absolute atomic E-state index is 0.265. The van der Waals surface area contributed by atoms with E-state index in [-0.39, 0.29) is 11.8 Å². The summed E-state index contributed by atoms with van der Waals surface area (Å²) in [7, 11) is 0. The zero-order valence-electron chi connectivity index (χ0n) is 16.9. The van der Waals surface area contributed by atoms with Gasteiger partial charge in [0.15, 0.2) is 5.13 Å². The first-order chi connectivity index (χ1) is 15.5. The van der Waals surface area contributed by atoms with Crippen LogP contribution in [0.3, 0.4) is 0 Å². The van der Waals surface area contributed by atoms with Crippen LogP contribution >= 0.6 is 35.3 Å². The molecule has 1 aliphatic heterocycles. The normalized spacial score (nSPS) is 16.3. The second-order valence-electron chi connectivity index (χ2n) is 7.29.